The Labute approximate surface area is 168 Å². The fourth-order valence-corrected chi connectivity index (χ4v) is 3.46. The molecule has 1 unspecified atom stereocenters. The molecule has 1 aromatic rings. The molecule has 1 aromatic heterocycles. The van der Waals surface area contributed by atoms with Crippen molar-refractivity contribution in [2.45, 2.75) is 25.8 Å². The van der Waals surface area contributed by atoms with Crippen LogP contribution in [0.5, 0.6) is 0 Å². The predicted octanol–water partition coefficient (Wildman–Crippen LogP) is 2.34. The maximum Gasteiger partial charge on any atom is 0.193 e. The molecule has 1 atom stereocenters. The van der Waals surface area contributed by atoms with Crippen molar-refractivity contribution in [3.8, 4) is 0 Å². The van der Waals surface area contributed by atoms with Gasteiger partial charge in [-0.3, -0.25) is 4.99 Å². The smallest absolute Gasteiger partial charge is 0.193 e. The van der Waals surface area contributed by atoms with E-state index in [-0.39, 0.29) is 24.0 Å². The summed E-state index contributed by atoms with van der Waals surface area (Å²) in [6, 6.07) is 4.26. The van der Waals surface area contributed by atoms with Crippen LogP contribution in [-0.2, 0) is 11.3 Å². The first-order chi connectivity index (χ1) is 11.8. The van der Waals surface area contributed by atoms with E-state index in [4.69, 9.17) is 4.74 Å². The number of hydrogen-bond acceptors (Lipinski definition) is 4. The number of nitrogens with zero attached hydrogens (tertiary/aromatic N) is 4. The van der Waals surface area contributed by atoms with E-state index in [0.29, 0.717) is 5.92 Å². The summed E-state index contributed by atoms with van der Waals surface area (Å²) in [6.07, 6.45) is 5.59. The van der Waals surface area contributed by atoms with E-state index in [1.807, 2.05) is 13.2 Å². The van der Waals surface area contributed by atoms with E-state index >= 15 is 0 Å². The van der Waals surface area contributed by atoms with Crippen molar-refractivity contribution in [1.82, 2.24) is 15.2 Å². The summed E-state index contributed by atoms with van der Waals surface area (Å²) in [7, 11) is 3.93. The molecule has 2 aliphatic heterocycles. The molecule has 1 N–H and O–H groups in total. The number of pyridine rings is 1. The Kier molecular flexibility index (Phi) is 8.21. The lowest BCUT2D eigenvalue weighted by molar-refractivity contribution is 0.181. The first kappa shape index (κ1) is 20.2. The number of aliphatic imine (C=N–C) groups is 1. The Hall–Kier alpha value is -1.09. The molecule has 140 valence electrons. The minimum Gasteiger partial charge on any atom is -0.381 e. The highest BCUT2D eigenvalue weighted by molar-refractivity contribution is 14.0. The average Bonchev–Trinajstić information content (AvgIpc) is 3.29. The van der Waals surface area contributed by atoms with Crippen molar-refractivity contribution in [2.75, 3.05) is 51.8 Å². The van der Waals surface area contributed by atoms with E-state index in [1.54, 1.807) is 0 Å². The van der Waals surface area contributed by atoms with E-state index < -0.39 is 0 Å². The summed E-state index contributed by atoms with van der Waals surface area (Å²) in [5, 5.41) is 3.47. The zero-order chi connectivity index (χ0) is 16.8. The fraction of sp³-hybridized carbons (Fsp3) is 0.667. The highest BCUT2D eigenvalue weighted by Crippen LogP contribution is 2.18. The molecular weight excluding hydrogens is 429 g/mol. The Morgan fingerprint density at radius 1 is 1.44 bits per heavy atom. The Bertz CT molecular complexity index is 556. The van der Waals surface area contributed by atoms with Crippen molar-refractivity contribution in [3.05, 3.63) is 23.9 Å². The van der Waals surface area contributed by atoms with E-state index in [9.17, 15) is 0 Å². The molecule has 0 bridgehead atoms. The normalized spacial score (nSPS) is 20.5. The number of nitrogens with one attached hydrogen (secondary N) is 1. The van der Waals surface area contributed by atoms with E-state index in [0.717, 1.165) is 57.6 Å². The first-order valence-electron chi connectivity index (χ1n) is 8.95. The standard InChI is InChI=1S/C18H29N5O.HI/c1-19-18(22(2)13-16-6-10-24-14-16)21-12-15-5-7-20-17(11-15)23-8-3-4-9-23;/h5,7,11,16H,3-4,6,8-10,12-14H2,1-2H3,(H,19,21);1H. The zero-order valence-electron chi connectivity index (χ0n) is 15.3. The third kappa shape index (κ3) is 5.70. The number of halogens is 1. The highest BCUT2D eigenvalue weighted by Gasteiger charge is 2.19. The van der Waals surface area contributed by atoms with Gasteiger partial charge < -0.3 is 19.9 Å². The zero-order valence-corrected chi connectivity index (χ0v) is 17.6. The van der Waals surface area contributed by atoms with Crippen molar-refractivity contribution in [2.24, 2.45) is 10.9 Å². The number of hydrogen-bond donors (Lipinski definition) is 1. The predicted molar refractivity (Wildman–Crippen MR) is 113 cm³/mol. The topological polar surface area (TPSA) is 53.0 Å². The summed E-state index contributed by atoms with van der Waals surface area (Å²) in [5.74, 6) is 2.64. The van der Waals surface area contributed by atoms with Gasteiger partial charge in [0.05, 0.1) is 6.61 Å². The molecule has 3 rings (SSSR count). The lowest BCUT2D eigenvalue weighted by atomic mass is 10.1. The number of rotatable bonds is 5. The third-order valence-corrected chi connectivity index (χ3v) is 4.82. The summed E-state index contributed by atoms with van der Waals surface area (Å²) in [4.78, 5) is 13.5. The quantitative estimate of drug-likeness (QED) is 0.416. The number of anilines is 1. The minimum atomic E-state index is 0. The number of guanidine groups is 1. The van der Waals surface area contributed by atoms with Gasteiger partial charge in [0.15, 0.2) is 5.96 Å². The number of aromatic nitrogens is 1. The van der Waals surface area contributed by atoms with Gasteiger partial charge in [-0.05, 0) is 37.0 Å². The van der Waals surface area contributed by atoms with Gasteiger partial charge in [0.1, 0.15) is 5.82 Å². The van der Waals surface area contributed by atoms with E-state index in [2.05, 4.69) is 44.3 Å². The minimum absolute atomic E-state index is 0. The first-order valence-corrected chi connectivity index (χ1v) is 8.95. The van der Waals surface area contributed by atoms with E-state index in [1.165, 1.54) is 18.4 Å². The molecular formula is C18H30IN5O. The molecule has 0 aromatic carbocycles. The second-order valence-corrected chi connectivity index (χ2v) is 6.73. The van der Waals surface area contributed by atoms with Crippen molar-refractivity contribution < 1.29 is 4.74 Å². The van der Waals surface area contributed by atoms with Crippen LogP contribution in [0.2, 0.25) is 0 Å². The maximum atomic E-state index is 5.46. The van der Waals surface area contributed by atoms with Crippen LogP contribution in [0.4, 0.5) is 5.82 Å². The molecule has 0 radical (unpaired) electrons. The van der Waals surface area contributed by atoms with Crippen LogP contribution in [0.15, 0.2) is 23.3 Å². The van der Waals surface area contributed by atoms with Gasteiger partial charge in [0.2, 0.25) is 0 Å². The largest absolute Gasteiger partial charge is 0.381 e. The summed E-state index contributed by atoms with van der Waals surface area (Å²) >= 11 is 0. The SMILES string of the molecule is CN=C(NCc1ccnc(N2CCCC2)c1)N(C)CC1CCOC1.I. The monoisotopic (exact) mass is 459 g/mol. The summed E-state index contributed by atoms with van der Waals surface area (Å²) < 4.78 is 5.46. The van der Waals surface area contributed by atoms with Gasteiger partial charge in [0.25, 0.3) is 0 Å². The lowest BCUT2D eigenvalue weighted by Crippen LogP contribution is -2.41. The molecule has 0 aliphatic carbocycles. The van der Waals surface area contributed by atoms with Crippen molar-refractivity contribution in [1.29, 1.82) is 0 Å². The van der Waals surface area contributed by atoms with Gasteiger partial charge in [-0.15, -0.1) is 24.0 Å². The van der Waals surface area contributed by atoms with Crippen LogP contribution in [0.1, 0.15) is 24.8 Å². The Morgan fingerprint density at radius 3 is 2.92 bits per heavy atom. The van der Waals surface area contributed by atoms with Crippen LogP contribution in [-0.4, -0.2) is 62.8 Å². The molecule has 2 fully saturated rings. The molecule has 0 spiro atoms. The Balaban J connectivity index is 0.00000225. The molecule has 0 saturated carbocycles. The lowest BCUT2D eigenvalue weighted by Gasteiger charge is -2.24. The van der Waals surface area contributed by atoms with Crippen LogP contribution < -0.4 is 10.2 Å². The summed E-state index contributed by atoms with van der Waals surface area (Å²) in [5.41, 5.74) is 1.24. The summed E-state index contributed by atoms with van der Waals surface area (Å²) in [6.45, 7) is 5.75. The van der Waals surface area contributed by atoms with Gasteiger partial charge >= 0.3 is 0 Å². The average molecular weight is 459 g/mol. The third-order valence-electron chi connectivity index (χ3n) is 4.82. The van der Waals surface area contributed by atoms with Gasteiger partial charge in [-0.2, -0.15) is 0 Å². The van der Waals surface area contributed by atoms with Crippen LogP contribution in [0, 0.1) is 5.92 Å². The molecule has 3 heterocycles. The number of ether oxygens (including phenoxy) is 1. The molecule has 7 heteroatoms. The van der Waals surface area contributed by atoms with Gasteiger partial charge in [0, 0.05) is 59.0 Å². The molecule has 2 saturated heterocycles. The van der Waals surface area contributed by atoms with Gasteiger partial charge in [-0.25, -0.2) is 4.98 Å². The van der Waals surface area contributed by atoms with Crippen LogP contribution >= 0.6 is 24.0 Å². The maximum absolute atomic E-state index is 5.46. The second-order valence-electron chi connectivity index (χ2n) is 6.73. The molecule has 0 amide bonds. The Morgan fingerprint density at radius 2 is 2.24 bits per heavy atom. The molecule has 6 nitrogen and oxygen atoms in total. The van der Waals surface area contributed by atoms with Crippen LogP contribution in [0.3, 0.4) is 0 Å². The molecule has 25 heavy (non-hydrogen) atoms. The van der Waals surface area contributed by atoms with Gasteiger partial charge in [-0.1, -0.05) is 0 Å². The highest BCUT2D eigenvalue weighted by atomic mass is 127. The second kappa shape index (κ2) is 10.2. The fourth-order valence-electron chi connectivity index (χ4n) is 3.46. The van der Waals surface area contributed by atoms with Crippen LogP contribution in [0.25, 0.3) is 0 Å². The van der Waals surface area contributed by atoms with Crippen molar-refractivity contribution >= 4 is 35.8 Å². The molecule has 2 aliphatic rings. The van der Waals surface area contributed by atoms with Crippen molar-refractivity contribution in [3.63, 3.8) is 0 Å².